The molecule has 2 heterocycles. The number of rotatable bonds is 8. The Bertz CT molecular complexity index is 1230. The molecular formula is C26H27N3O5. The Morgan fingerprint density at radius 2 is 1.85 bits per heavy atom. The zero-order valence-electron chi connectivity index (χ0n) is 19.2. The van der Waals surface area contributed by atoms with Crippen molar-refractivity contribution in [1.82, 2.24) is 9.88 Å². The number of para-hydroxylation sites is 1. The first-order chi connectivity index (χ1) is 16.4. The van der Waals surface area contributed by atoms with Gasteiger partial charge in [-0.15, -0.1) is 0 Å². The number of esters is 1. The maximum Gasteiger partial charge on any atom is 0.308 e. The fraction of sp³-hybridized carbons (Fsp3) is 0.308. The maximum absolute atomic E-state index is 13.3. The number of imide groups is 1. The lowest BCUT2D eigenvalue weighted by Crippen LogP contribution is -2.46. The van der Waals surface area contributed by atoms with Crippen LogP contribution in [-0.2, 0) is 25.6 Å². The highest BCUT2D eigenvalue weighted by atomic mass is 16.5. The molecule has 1 aliphatic heterocycles. The molecule has 1 aromatic heterocycles. The first kappa shape index (κ1) is 23.2. The van der Waals surface area contributed by atoms with E-state index in [1.165, 1.54) is 19.1 Å². The third-order valence-electron chi connectivity index (χ3n) is 5.94. The molecule has 8 nitrogen and oxygen atoms in total. The molecule has 3 aromatic rings. The summed E-state index contributed by atoms with van der Waals surface area (Å²) in [6.45, 7) is 3.54. The lowest BCUT2D eigenvalue weighted by atomic mass is 10.1. The number of nitrogens with one attached hydrogen (secondary N) is 1. The van der Waals surface area contributed by atoms with Crippen LogP contribution in [0.5, 0.6) is 5.75 Å². The van der Waals surface area contributed by atoms with E-state index in [1.807, 2.05) is 37.4 Å². The molecule has 4 rings (SSSR count). The molecule has 1 fully saturated rings. The summed E-state index contributed by atoms with van der Waals surface area (Å²) in [5.74, 6) is -1.06. The molecule has 2 aromatic carbocycles. The van der Waals surface area contributed by atoms with Crippen molar-refractivity contribution < 1.29 is 23.9 Å². The van der Waals surface area contributed by atoms with Crippen LogP contribution in [0, 0.1) is 0 Å². The van der Waals surface area contributed by atoms with E-state index in [1.54, 1.807) is 17.0 Å². The fourth-order valence-electron chi connectivity index (χ4n) is 4.35. The Labute approximate surface area is 197 Å². The molecule has 0 aliphatic carbocycles. The number of aromatic amines is 1. The highest BCUT2D eigenvalue weighted by Crippen LogP contribution is 2.28. The lowest BCUT2D eigenvalue weighted by Gasteiger charge is -2.27. The molecule has 1 aliphatic rings. The first-order valence-corrected chi connectivity index (χ1v) is 11.4. The minimum atomic E-state index is -0.843. The van der Waals surface area contributed by atoms with Gasteiger partial charge in [-0.3, -0.25) is 19.2 Å². The van der Waals surface area contributed by atoms with Gasteiger partial charge in [-0.2, -0.15) is 0 Å². The second-order valence-corrected chi connectivity index (χ2v) is 8.32. The molecule has 1 N–H and O–H groups in total. The number of H-pyrrole nitrogens is 1. The van der Waals surface area contributed by atoms with E-state index in [9.17, 15) is 19.2 Å². The highest BCUT2D eigenvalue weighted by Gasteiger charge is 2.44. The normalized spacial score (nSPS) is 15.7. The number of carbonyl (C=O) groups excluding carboxylic acids is 4. The van der Waals surface area contributed by atoms with Crippen LogP contribution in [0.4, 0.5) is 5.69 Å². The predicted molar refractivity (Wildman–Crippen MR) is 127 cm³/mol. The number of carbonyl (C=O) groups is 4. The van der Waals surface area contributed by atoms with Crippen molar-refractivity contribution in [2.75, 3.05) is 11.4 Å². The molecule has 1 atom stereocenters. The largest absolute Gasteiger partial charge is 0.427 e. The van der Waals surface area contributed by atoms with Crippen LogP contribution < -0.4 is 9.64 Å². The number of aromatic nitrogens is 1. The number of anilines is 1. The van der Waals surface area contributed by atoms with Crippen molar-refractivity contribution in [1.29, 1.82) is 0 Å². The zero-order chi connectivity index (χ0) is 24.2. The third-order valence-corrected chi connectivity index (χ3v) is 5.94. The second kappa shape index (κ2) is 9.91. The van der Waals surface area contributed by atoms with E-state index < -0.39 is 17.9 Å². The first-order valence-electron chi connectivity index (χ1n) is 11.4. The molecule has 176 valence electrons. The average Bonchev–Trinajstić information content (AvgIpc) is 3.35. The molecule has 0 spiro atoms. The number of hydrogen-bond donors (Lipinski definition) is 1. The average molecular weight is 462 g/mol. The van der Waals surface area contributed by atoms with E-state index in [0.29, 0.717) is 37.2 Å². The van der Waals surface area contributed by atoms with Crippen LogP contribution in [0.25, 0.3) is 10.9 Å². The van der Waals surface area contributed by atoms with Gasteiger partial charge in [0.2, 0.25) is 11.8 Å². The number of ether oxygens (including phenoxy) is 1. The summed E-state index contributed by atoms with van der Waals surface area (Å²) >= 11 is 0. The molecule has 8 heteroatoms. The molecule has 34 heavy (non-hydrogen) atoms. The smallest absolute Gasteiger partial charge is 0.308 e. The third kappa shape index (κ3) is 4.71. The monoisotopic (exact) mass is 461 g/mol. The van der Waals surface area contributed by atoms with E-state index in [2.05, 4.69) is 4.98 Å². The Hall–Kier alpha value is -3.94. The van der Waals surface area contributed by atoms with Gasteiger partial charge in [0.25, 0.3) is 5.91 Å². The number of hydrogen-bond acceptors (Lipinski definition) is 5. The van der Waals surface area contributed by atoms with Crippen molar-refractivity contribution in [3.63, 3.8) is 0 Å². The highest BCUT2D eigenvalue weighted by molar-refractivity contribution is 6.23. The van der Waals surface area contributed by atoms with E-state index in [0.717, 1.165) is 21.4 Å². The molecule has 0 saturated carbocycles. The van der Waals surface area contributed by atoms with Gasteiger partial charge in [-0.25, -0.2) is 4.90 Å². The van der Waals surface area contributed by atoms with Gasteiger partial charge < -0.3 is 14.6 Å². The fourth-order valence-corrected chi connectivity index (χ4v) is 4.35. The quantitative estimate of drug-likeness (QED) is 0.314. The van der Waals surface area contributed by atoms with Crippen molar-refractivity contribution in [2.24, 2.45) is 0 Å². The molecular weight excluding hydrogens is 434 g/mol. The molecule has 3 amide bonds. The van der Waals surface area contributed by atoms with Gasteiger partial charge in [0.1, 0.15) is 11.8 Å². The van der Waals surface area contributed by atoms with E-state index in [-0.39, 0.29) is 18.2 Å². The van der Waals surface area contributed by atoms with Gasteiger partial charge in [0.15, 0.2) is 0 Å². The van der Waals surface area contributed by atoms with Gasteiger partial charge in [0, 0.05) is 37.0 Å². The zero-order valence-corrected chi connectivity index (χ0v) is 19.2. The summed E-state index contributed by atoms with van der Waals surface area (Å²) in [7, 11) is 0. The van der Waals surface area contributed by atoms with Gasteiger partial charge in [-0.05, 0) is 48.7 Å². The maximum atomic E-state index is 13.3. The molecule has 0 radical (unpaired) electrons. The van der Waals surface area contributed by atoms with Gasteiger partial charge >= 0.3 is 5.97 Å². The summed E-state index contributed by atoms with van der Waals surface area (Å²) in [5, 5.41) is 1.08. The number of nitrogens with zero attached hydrogens (tertiary/aromatic N) is 2. The summed E-state index contributed by atoms with van der Waals surface area (Å²) in [4.78, 5) is 56.2. The number of benzene rings is 2. The predicted octanol–water partition coefficient (Wildman–Crippen LogP) is 3.60. The molecule has 1 unspecified atom stereocenters. The summed E-state index contributed by atoms with van der Waals surface area (Å²) < 4.78 is 5.02. The number of fused-ring (bicyclic) bond motifs is 1. The minimum Gasteiger partial charge on any atom is -0.427 e. The van der Waals surface area contributed by atoms with Crippen LogP contribution in [0.3, 0.4) is 0 Å². The topological polar surface area (TPSA) is 99.8 Å². The standard InChI is InChI=1S/C26H27N3O5/c1-3-6-24(31)28(14-13-18-16-27-22-8-5-4-7-21(18)22)23-15-25(32)29(26(23)33)19-9-11-20(12-10-19)34-17(2)30/h4-5,7-12,16,23,27H,3,6,13-15H2,1-2H3. The minimum absolute atomic E-state index is 0.0616. The summed E-state index contributed by atoms with van der Waals surface area (Å²) in [5.41, 5.74) is 2.45. The molecule has 0 bridgehead atoms. The van der Waals surface area contributed by atoms with Crippen LogP contribution in [-0.4, -0.2) is 46.2 Å². The van der Waals surface area contributed by atoms with E-state index >= 15 is 0 Å². The van der Waals surface area contributed by atoms with Crippen LogP contribution >= 0.6 is 0 Å². The van der Waals surface area contributed by atoms with Crippen LogP contribution in [0.1, 0.15) is 38.7 Å². The van der Waals surface area contributed by atoms with Crippen molar-refractivity contribution in [3.05, 3.63) is 60.3 Å². The number of amides is 3. The Kier molecular flexibility index (Phi) is 6.77. The molecule has 1 saturated heterocycles. The van der Waals surface area contributed by atoms with Gasteiger partial charge in [0.05, 0.1) is 12.1 Å². The second-order valence-electron chi connectivity index (χ2n) is 8.32. The SMILES string of the molecule is CCCC(=O)N(CCc1c[nH]c2ccccc12)C1CC(=O)N(c2ccc(OC(C)=O)cc2)C1=O. The van der Waals surface area contributed by atoms with Crippen molar-refractivity contribution in [3.8, 4) is 5.75 Å². The van der Waals surface area contributed by atoms with Crippen molar-refractivity contribution in [2.45, 2.75) is 45.6 Å². The summed E-state index contributed by atoms with van der Waals surface area (Å²) in [6.07, 6.45) is 3.38. The van der Waals surface area contributed by atoms with Crippen molar-refractivity contribution >= 4 is 40.3 Å². The Morgan fingerprint density at radius 1 is 1.12 bits per heavy atom. The Balaban J connectivity index is 1.54. The van der Waals surface area contributed by atoms with E-state index in [4.69, 9.17) is 4.74 Å². The van der Waals surface area contributed by atoms with Crippen LogP contribution in [0.2, 0.25) is 0 Å². The van der Waals surface area contributed by atoms with Gasteiger partial charge in [-0.1, -0.05) is 25.1 Å². The lowest BCUT2D eigenvalue weighted by molar-refractivity contribution is -0.138. The summed E-state index contributed by atoms with van der Waals surface area (Å²) in [6, 6.07) is 13.3. The van der Waals surface area contributed by atoms with Crippen LogP contribution in [0.15, 0.2) is 54.7 Å². The Morgan fingerprint density at radius 3 is 2.56 bits per heavy atom.